The first-order chi connectivity index (χ1) is 9.15. The Balaban J connectivity index is 0.00000361. The van der Waals surface area contributed by atoms with E-state index in [0.29, 0.717) is 12.4 Å². The topological polar surface area (TPSA) is 92.1 Å². The molecule has 0 saturated carbocycles. The van der Waals surface area contributed by atoms with Crippen LogP contribution in [0, 0.1) is 10.1 Å². The molecular formula is C10H18IN5O2S2. The molecule has 0 atom stereocenters. The molecule has 7 nitrogen and oxygen atoms in total. The van der Waals surface area contributed by atoms with Crippen LogP contribution in [0.15, 0.2) is 17.4 Å². The van der Waals surface area contributed by atoms with Gasteiger partial charge in [0.1, 0.15) is 0 Å². The summed E-state index contributed by atoms with van der Waals surface area (Å²) >= 11 is 3.31. The first kappa shape index (κ1) is 19.2. The van der Waals surface area contributed by atoms with Crippen molar-refractivity contribution in [1.29, 1.82) is 0 Å². The van der Waals surface area contributed by atoms with Gasteiger partial charge in [-0.1, -0.05) is 0 Å². The fraction of sp³-hybridized carbons (Fsp3) is 0.500. The summed E-state index contributed by atoms with van der Waals surface area (Å²) in [7, 11) is 3.49. The molecule has 10 heteroatoms. The van der Waals surface area contributed by atoms with Crippen LogP contribution in [0.5, 0.6) is 0 Å². The van der Waals surface area contributed by atoms with Crippen LogP contribution in [-0.4, -0.2) is 36.3 Å². The molecule has 0 aromatic carbocycles. The maximum Gasteiger partial charge on any atom is 0.274 e. The second kappa shape index (κ2) is 11.0. The number of anilines is 1. The van der Waals surface area contributed by atoms with Gasteiger partial charge in [0, 0.05) is 37.5 Å². The van der Waals surface area contributed by atoms with Crippen molar-refractivity contribution < 1.29 is 4.92 Å². The van der Waals surface area contributed by atoms with Crippen molar-refractivity contribution in [2.45, 2.75) is 5.75 Å². The lowest BCUT2D eigenvalue weighted by Crippen LogP contribution is -2.26. The van der Waals surface area contributed by atoms with Gasteiger partial charge in [-0.25, -0.2) is 4.98 Å². The fourth-order valence-electron chi connectivity index (χ4n) is 1.23. The zero-order valence-electron chi connectivity index (χ0n) is 11.2. The Kier molecular flexibility index (Phi) is 10.6. The highest BCUT2D eigenvalue weighted by Gasteiger charge is 2.01. The lowest BCUT2D eigenvalue weighted by molar-refractivity contribution is -0.404. The Labute approximate surface area is 143 Å². The Bertz CT molecular complexity index is 441. The quantitative estimate of drug-likeness (QED) is 0.238. The van der Waals surface area contributed by atoms with E-state index in [0.717, 1.165) is 28.5 Å². The molecule has 3 N–H and O–H groups in total. The average molecular weight is 431 g/mol. The minimum atomic E-state index is -0.486. The minimum absolute atomic E-state index is 0. The van der Waals surface area contributed by atoms with Gasteiger partial charge in [0.05, 0.1) is 10.6 Å². The molecule has 0 spiro atoms. The largest absolute Gasteiger partial charge is 0.370 e. The number of rotatable bonds is 9. The summed E-state index contributed by atoms with van der Waals surface area (Å²) in [5.41, 5.74) is 1.05. The Morgan fingerprint density at radius 1 is 1.60 bits per heavy atom. The molecule has 1 rings (SSSR count). The van der Waals surface area contributed by atoms with Crippen molar-refractivity contribution in [3.8, 4) is 0 Å². The monoisotopic (exact) mass is 431 g/mol. The van der Waals surface area contributed by atoms with E-state index < -0.39 is 4.92 Å². The van der Waals surface area contributed by atoms with E-state index in [4.69, 9.17) is 0 Å². The Morgan fingerprint density at radius 3 is 2.90 bits per heavy atom. The van der Waals surface area contributed by atoms with E-state index in [-0.39, 0.29) is 24.0 Å². The summed E-state index contributed by atoms with van der Waals surface area (Å²) in [6.45, 7) is 0.661. The molecule has 0 aliphatic carbocycles. The summed E-state index contributed by atoms with van der Waals surface area (Å²) in [6.07, 6.45) is 0.921. The number of thioether (sulfide) groups is 1. The summed E-state index contributed by atoms with van der Waals surface area (Å²) in [6, 6.07) is 0. The molecule has 20 heavy (non-hydrogen) atoms. The van der Waals surface area contributed by atoms with E-state index in [1.165, 1.54) is 0 Å². The average Bonchev–Trinajstić information content (AvgIpc) is 2.84. The number of aromatic nitrogens is 1. The lowest BCUT2D eigenvalue weighted by atomic mass is 10.6. The molecule has 0 aliphatic rings. The van der Waals surface area contributed by atoms with Crippen molar-refractivity contribution in [3.05, 3.63) is 33.2 Å². The van der Waals surface area contributed by atoms with Crippen LogP contribution >= 0.6 is 47.1 Å². The summed E-state index contributed by atoms with van der Waals surface area (Å²) in [5.74, 6) is 2.10. The number of halogens is 1. The highest BCUT2D eigenvalue weighted by atomic mass is 127. The molecule has 114 valence electrons. The van der Waals surface area contributed by atoms with E-state index in [9.17, 15) is 10.1 Å². The van der Waals surface area contributed by atoms with Gasteiger partial charge in [-0.05, 0) is 0 Å². The van der Waals surface area contributed by atoms with Crippen molar-refractivity contribution >= 4 is 52.2 Å². The molecule has 0 fully saturated rings. The van der Waals surface area contributed by atoms with Crippen LogP contribution in [0.1, 0.15) is 5.69 Å². The van der Waals surface area contributed by atoms with Crippen LogP contribution in [0.2, 0.25) is 0 Å². The lowest BCUT2D eigenvalue weighted by Gasteiger charge is -2.06. The minimum Gasteiger partial charge on any atom is -0.370 e. The number of hydrogen-bond acceptors (Lipinski definition) is 8. The summed E-state index contributed by atoms with van der Waals surface area (Å²) < 4.78 is 0. The molecule has 0 unspecified atom stereocenters. The second-order valence-corrected chi connectivity index (χ2v) is 5.41. The van der Waals surface area contributed by atoms with Gasteiger partial charge >= 0.3 is 0 Å². The van der Waals surface area contributed by atoms with E-state index in [1.807, 2.05) is 12.4 Å². The first-order valence-electron chi connectivity index (χ1n) is 5.62. The third kappa shape index (κ3) is 7.75. The van der Waals surface area contributed by atoms with Gasteiger partial charge in [-0.3, -0.25) is 10.1 Å². The molecule has 0 bridgehead atoms. The zero-order chi connectivity index (χ0) is 14.1. The standard InChI is InChI=1S/C10H17N5O2S2.HI/c1-11-9(5-15(16)17)13-3-4-18-6-8-7-19-10(12-2)14-8;/h5,7,11,13H,3-4,6H2,1-2H3,(H,12,14);1H. The maximum absolute atomic E-state index is 10.3. The highest BCUT2D eigenvalue weighted by Crippen LogP contribution is 2.18. The number of thiazole rings is 1. The van der Waals surface area contributed by atoms with Crippen LogP contribution in [0.4, 0.5) is 5.13 Å². The molecule has 0 amide bonds. The highest BCUT2D eigenvalue weighted by molar-refractivity contribution is 14.0. The molecule has 1 aromatic rings. The Morgan fingerprint density at radius 2 is 2.35 bits per heavy atom. The predicted molar refractivity (Wildman–Crippen MR) is 95.4 cm³/mol. The number of nitro groups is 1. The maximum atomic E-state index is 10.3. The van der Waals surface area contributed by atoms with Gasteiger partial charge < -0.3 is 16.0 Å². The normalized spacial score (nSPS) is 10.6. The first-order valence-corrected chi connectivity index (χ1v) is 7.66. The molecule has 0 aliphatic heterocycles. The number of hydrogen-bond donors (Lipinski definition) is 3. The fourth-order valence-corrected chi connectivity index (χ4v) is 2.75. The molecule has 0 saturated heterocycles. The molecule has 1 aromatic heterocycles. The van der Waals surface area contributed by atoms with Crippen LogP contribution in [0.3, 0.4) is 0 Å². The van der Waals surface area contributed by atoms with Crippen molar-refractivity contribution in [1.82, 2.24) is 15.6 Å². The Hall–Kier alpha value is -0.750. The van der Waals surface area contributed by atoms with Crippen LogP contribution in [-0.2, 0) is 5.75 Å². The van der Waals surface area contributed by atoms with E-state index in [1.54, 1.807) is 30.1 Å². The third-order valence-electron chi connectivity index (χ3n) is 2.08. The van der Waals surface area contributed by atoms with Crippen molar-refractivity contribution in [2.24, 2.45) is 0 Å². The van der Waals surface area contributed by atoms with Crippen LogP contribution in [0.25, 0.3) is 0 Å². The van der Waals surface area contributed by atoms with Gasteiger partial charge in [-0.15, -0.1) is 35.3 Å². The zero-order valence-corrected chi connectivity index (χ0v) is 15.2. The predicted octanol–water partition coefficient (Wildman–Crippen LogP) is 1.92. The van der Waals surface area contributed by atoms with Crippen molar-refractivity contribution in [2.75, 3.05) is 31.7 Å². The molecule has 0 radical (unpaired) electrons. The van der Waals surface area contributed by atoms with Crippen molar-refractivity contribution in [3.63, 3.8) is 0 Å². The SMILES string of the molecule is CNC(=C[N+](=O)[O-])NCCSCc1csc(NC)n1.I. The molecule has 1 heterocycles. The second-order valence-electron chi connectivity index (χ2n) is 3.45. The molecular weight excluding hydrogens is 413 g/mol. The van der Waals surface area contributed by atoms with E-state index in [2.05, 4.69) is 20.9 Å². The van der Waals surface area contributed by atoms with Gasteiger partial charge in [0.2, 0.25) is 0 Å². The summed E-state index contributed by atoms with van der Waals surface area (Å²) in [5, 5.41) is 21.9. The number of nitrogens with one attached hydrogen (secondary N) is 3. The number of nitrogens with zero attached hydrogens (tertiary/aromatic N) is 2. The van der Waals surface area contributed by atoms with E-state index >= 15 is 0 Å². The summed E-state index contributed by atoms with van der Waals surface area (Å²) in [4.78, 5) is 14.2. The van der Waals surface area contributed by atoms with Gasteiger partial charge in [0.15, 0.2) is 11.0 Å². The van der Waals surface area contributed by atoms with Crippen LogP contribution < -0.4 is 16.0 Å². The van der Waals surface area contributed by atoms with Gasteiger partial charge in [-0.2, -0.15) is 11.8 Å². The smallest absolute Gasteiger partial charge is 0.274 e. The van der Waals surface area contributed by atoms with Gasteiger partial charge in [0.25, 0.3) is 6.20 Å². The third-order valence-corrected chi connectivity index (χ3v) is 3.98.